The van der Waals surface area contributed by atoms with Crippen molar-refractivity contribution in [3.05, 3.63) is 65.7 Å². The van der Waals surface area contributed by atoms with Crippen LogP contribution in [0.2, 0.25) is 0 Å². The summed E-state index contributed by atoms with van der Waals surface area (Å²) in [6, 6.07) is 19.4. The van der Waals surface area contributed by atoms with Gasteiger partial charge in [-0.2, -0.15) is 0 Å². The van der Waals surface area contributed by atoms with E-state index < -0.39 is 0 Å². The van der Waals surface area contributed by atoms with Gasteiger partial charge in [-0.3, -0.25) is 4.90 Å². The number of aryl methyl sites for hydroxylation is 1. The fourth-order valence-electron chi connectivity index (χ4n) is 4.06. The van der Waals surface area contributed by atoms with Crippen LogP contribution in [-0.4, -0.2) is 42.3 Å². The minimum atomic E-state index is -0.242. The van der Waals surface area contributed by atoms with Crippen molar-refractivity contribution in [2.75, 3.05) is 31.1 Å². The second kappa shape index (κ2) is 6.34. The van der Waals surface area contributed by atoms with Gasteiger partial charge in [-0.05, 0) is 36.1 Å². The first kappa shape index (κ1) is 14.7. The summed E-state index contributed by atoms with van der Waals surface area (Å²) in [7, 11) is 0. The third-order valence-electron chi connectivity index (χ3n) is 5.28. The molecular formula is C20H24N2O. The van der Waals surface area contributed by atoms with Gasteiger partial charge in [-0.1, -0.05) is 42.5 Å². The van der Waals surface area contributed by atoms with Crippen molar-refractivity contribution in [1.29, 1.82) is 0 Å². The number of aliphatic hydroxyl groups is 1. The first-order chi connectivity index (χ1) is 11.3. The average molecular weight is 308 g/mol. The molecule has 2 unspecified atom stereocenters. The number of hydrogen-bond acceptors (Lipinski definition) is 3. The zero-order chi connectivity index (χ0) is 15.6. The summed E-state index contributed by atoms with van der Waals surface area (Å²) in [4.78, 5) is 4.92. The normalized spacial score (nSPS) is 25.2. The SMILES string of the molecule is OC1CCc2ccccc2C1N1CCN(c2ccccc2)CC1. The number of hydrogen-bond donors (Lipinski definition) is 1. The van der Waals surface area contributed by atoms with Gasteiger partial charge in [0.2, 0.25) is 0 Å². The third-order valence-corrected chi connectivity index (χ3v) is 5.28. The summed E-state index contributed by atoms with van der Waals surface area (Å²) >= 11 is 0. The lowest BCUT2D eigenvalue weighted by Gasteiger charge is -2.44. The van der Waals surface area contributed by atoms with Gasteiger partial charge in [0.15, 0.2) is 0 Å². The minimum absolute atomic E-state index is 0.165. The molecule has 0 saturated carbocycles. The number of anilines is 1. The number of aliphatic hydroxyl groups excluding tert-OH is 1. The van der Waals surface area contributed by atoms with Crippen molar-refractivity contribution >= 4 is 5.69 Å². The number of para-hydroxylation sites is 1. The zero-order valence-electron chi connectivity index (χ0n) is 13.4. The van der Waals surface area contributed by atoms with Crippen LogP contribution in [0.4, 0.5) is 5.69 Å². The fraction of sp³-hybridized carbons (Fsp3) is 0.400. The smallest absolute Gasteiger partial charge is 0.0740 e. The number of rotatable bonds is 2. The van der Waals surface area contributed by atoms with Gasteiger partial charge >= 0.3 is 0 Å². The summed E-state index contributed by atoms with van der Waals surface area (Å²) in [6.45, 7) is 4.06. The van der Waals surface area contributed by atoms with Crippen molar-refractivity contribution in [3.8, 4) is 0 Å². The number of fused-ring (bicyclic) bond motifs is 1. The molecular weight excluding hydrogens is 284 g/mol. The van der Waals surface area contributed by atoms with E-state index in [2.05, 4.69) is 64.4 Å². The highest BCUT2D eigenvalue weighted by atomic mass is 16.3. The van der Waals surface area contributed by atoms with E-state index in [1.54, 1.807) is 0 Å². The predicted octanol–water partition coefficient (Wildman–Crippen LogP) is 2.86. The lowest BCUT2D eigenvalue weighted by molar-refractivity contribution is 0.0325. The molecule has 1 heterocycles. The molecule has 0 aromatic heterocycles. The molecule has 0 spiro atoms. The molecule has 1 N–H and O–H groups in total. The van der Waals surface area contributed by atoms with E-state index in [4.69, 9.17) is 0 Å². The topological polar surface area (TPSA) is 26.7 Å². The van der Waals surface area contributed by atoms with Gasteiger partial charge in [0, 0.05) is 31.9 Å². The number of nitrogens with zero attached hydrogens (tertiary/aromatic N) is 2. The summed E-state index contributed by atoms with van der Waals surface area (Å²) < 4.78 is 0. The predicted molar refractivity (Wildman–Crippen MR) is 93.7 cm³/mol. The third kappa shape index (κ3) is 2.87. The average Bonchev–Trinajstić information content (AvgIpc) is 2.63. The van der Waals surface area contributed by atoms with Crippen molar-refractivity contribution in [1.82, 2.24) is 4.90 Å². The molecule has 0 radical (unpaired) electrons. The lowest BCUT2D eigenvalue weighted by Crippen LogP contribution is -2.51. The molecule has 2 aromatic carbocycles. The van der Waals surface area contributed by atoms with E-state index in [-0.39, 0.29) is 12.1 Å². The summed E-state index contributed by atoms with van der Waals surface area (Å²) in [5.41, 5.74) is 4.05. The van der Waals surface area contributed by atoms with Gasteiger partial charge in [-0.15, -0.1) is 0 Å². The number of benzene rings is 2. The molecule has 4 rings (SSSR count). The summed E-state index contributed by atoms with van der Waals surface area (Å²) in [6.07, 6.45) is 1.63. The summed E-state index contributed by atoms with van der Waals surface area (Å²) in [5, 5.41) is 10.6. The van der Waals surface area contributed by atoms with Crippen LogP contribution in [0.3, 0.4) is 0 Å². The Morgan fingerprint density at radius 1 is 0.826 bits per heavy atom. The maximum absolute atomic E-state index is 10.6. The molecule has 0 amide bonds. The molecule has 3 nitrogen and oxygen atoms in total. The van der Waals surface area contributed by atoms with E-state index in [0.717, 1.165) is 39.0 Å². The molecule has 1 fully saturated rings. The molecule has 0 bridgehead atoms. The Morgan fingerprint density at radius 3 is 2.30 bits per heavy atom. The van der Waals surface area contributed by atoms with Gasteiger partial charge in [0.25, 0.3) is 0 Å². The Labute approximate surface area is 138 Å². The first-order valence-corrected chi connectivity index (χ1v) is 8.63. The van der Waals surface area contributed by atoms with Gasteiger partial charge in [-0.25, -0.2) is 0 Å². The largest absolute Gasteiger partial charge is 0.391 e. The molecule has 120 valence electrons. The van der Waals surface area contributed by atoms with E-state index in [1.165, 1.54) is 16.8 Å². The first-order valence-electron chi connectivity index (χ1n) is 8.63. The molecule has 1 aliphatic heterocycles. The minimum Gasteiger partial charge on any atom is -0.391 e. The fourth-order valence-corrected chi connectivity index (χ4v) is 4.06. The Kier molecular flexibility index (Phi) is 4.06. The zero-order valence-corrected chi connectivity index (χ0v) is 13.4. The number of piperazine rings is 1. The van der Waals surface area contributed by atoms with Crippen LogP contribution in [-0.2, 0) is 6.42 Å². The highest BCUT2D eigenvalue weighted by molar-refractivity contribution is 5.46. The molecule has 2 aromatic rings. The van der Waals surface area contributed by atoms with Crippen molar-refractivity contribution in [2.45, 2.75) is 25.0 Å². The maximum atomic E-state index is 10.6. The van der Waals surface area contributed by atoms with Crippen molar-refractivity contribution in [2.24, 2.45) is 0 Å². The monoisotopic (exact) mass is 308 g/mol. The van der Waals surface area contributed by atoms with Crippen LogP contribution >= 0.6 is 0 Å². The van der Waals surface area contributed by atoms with Crippen LogP contribution in [0.1, 0.15) is 23.6 Å². The van der Waals surface area contributed by atoms with Gasteiger partial charge in [0.1, 0.15) is 0 Å². The second-order valence-electron chi connectivity index (χ2n) is 6.61. The summed E-state index contributed by atoms with van der Waals surface area (Å²) in [5.74, 6) is 0. The van der Waals surface area contributed by atoms with E-state index >= 15 is 0 Å². The van der Waals surface area contributed by atoms with E-state index in [1.807, 2.05) is 0 Å². The maximum Gasteiger partial charge on any atom is 0.0740 e. The van der Waals surface area contributed by atoms with E-state index in [9.17, 15) is 5.11 Å². The molecule has 1 aliphatic carbocycles. The van der Waals surface area contributed by atoms with E-state index in [0.29, 0.717) is 0 Å². The van der Waals surface area contributed by atoms with Crippen LogP contribution in [0, 0.1) is 0 Å². The molecule has 3 heteroatoms. The van der Waals surface area contributed by atoms with Crippen LogP contribution in [0.5, 0.6) is 0 Å². The molecule has 23 heavy (non-hydrogen) atoms. The quantitative estimate of drug-likeness (QED) is 0.924. The molecule has 2 aliphatic rings. The Bertz CT molecular complexity index is 650. The standard InChI is InChI=1S/C20H24N2O/c23-19-11-10-16-6-4-5-9-18(16)20(19)22-14-12-21(13-15-22)17-7-2-1-3-8-17/h1-9,19-20,23H,10-15H2. The highest BCUT2D eigenvalue weighted by Gasteiger charge is 2.34. The van der Waals surface area contributed by atoms with Crippen molar-refractivity contribution < 1.29 is 5.11 Å². The Balaban J connectivity index is 1.50. The molecule has 1 saturated heterocycles. The Hall–Kier alpha value is -1.84. The van der Waals surface area contributed by atoms with Gasteiger partial charge < -0.3 is 10.0 Å². The van der Waals surface area contributed by atoms with Crippen molar-refractivity contribution in [3.63, 3.8) is 0 Å². The van der Waals surface area contributed by atoms with Gasteiger partial charge in [0.05, 0.1) is 12.1 Å². The Morgan fingerprint density at radius 2 is 1.52 bits per heavy atom. The lowest BCUT2D eigenvalue weighted by atomic mass is 9.84. The van der Waals surface area contributed by atoms with Crippen LogP contribution in [0.15, 0.2) is 54.6 Å². The highest BCUT2D eigenvalue weighted by Crippen LogP contribution is 2.35. The van der Waals surface area contributed by atoms with Crippen LogP contribution < -0.4 is 4.90 Å². The second-order valence-corrected chi connectivity index (χ2v) is 6.61. The molecule has 2 atom stereocenters. The van der Waals surface area contributed by atoms with Crippen LogP contribution in [0.25, 0.3) is 0 Å².